The Bertz CT molecular complexity index is 683. The Morgan fingerprint density at radius 3 is 2.44 bits per heavy atom. The van der Waals surface area contributed by atoms with Gasteiger partial charge in [-0.05, 0) is 24.3 Å². The molecule has 0 radical (unpaired) electrons. The van der Waals surface area contributed by atoms with Crippen molar-refractivity contribution in [3.05, 3.63) is 59.1 Å². The third-order valence-corrected chi connectivity index (χ3v) is 3.94. The lowest BCUT2D eigenvalue weighted by atomic mass is 10.2. The second-order valence-electron chi connectivity index (χ2n) is 5.40. The molecular weight excluding hydrogens is 338 g/mol. The van der Waals surface area contributed by atoms with Gasteiger partial charge in [-0.2, -0.15) is 5.26 Å². The number of aliphatic hydroxyl groups is 1. The highest BCUT2D eigenvalue weighted by Gasteiger charge is 2.13. The van der Waals surface area contributed by atoms with Crippen LogP contribution in [0, 0.1) is 11.3 Å². The van der Waals surface area contributed by atoms with E-state index >= 15 is 0 Å². The molecule has 0 spiro atoms. The molecule has 1 fully saturated rings. The fourth-order valence-corrected chi connectivity index (χ4v) is 2.71. The molecule has 1 saturated heterocycles. The number of rotatable bonds is 4. The number of benzene rings is 2. The van der Waals surface area contributed by atoms with Crippen LogP contribution in [0.2, 0.25) is 5.02 Å². The van der Waals surface area contributed by atoms with Crippen LogP contribution in [0.4, 0.5) is 5.69 Å². The molecule has 3 rings (SSSR count). The Kier molecular flexibility index (Phi) is 8.06. The minimum absolute atomic E-state index is 0.0111. The number of piperazine rings is 1. The number of ether oxygens (including phenoxy) is 1. The van der Waals surface area contributed by atoms with Gasteiger partial charge in [-0.3, -0.25) is 0 Å². The van der Waals surface area contributed by atoms with Crippen LogP contribution >= 0.6 is 11.6 Å². The molecule has 0 amide bonds. The molecule has 0 unspecified atom stereocenters. The largest absolute Gasteiger partial charge is 0.491 e. The van der Waals surface area contributed by atoms with E-state index in [2.05, 4.69) is 10.2 Å². The number of aliphatic hydroxyl groups excluding tert-OH is 1. The predicted molar refractivity (Wildman–Crippen MR) is 100 cm³/mol. The van der Waals surface area contributed by atoms with Gasteiger partial charge in [-0.1, -0.05) is 29.8 Å². The molecule has 132 valence electrons. The average Bonchev–Trinajstić information content (AvgIpc) is 2.68. The van der Waals surface area contributed by atoms with Gasteiger partial charge in [0.25, 0.3) is 0 Å². The highest BCUT2D eigenvalue weighted by atomic mass is 35.5. The molecule has 0 bridgehead atoms. The maximum Gasteiger partial charge on any atom is 0.121 e. The summed E-state index contributed by atoms with van der Waals surface area (Å²) in [5.41, 5.74) is 1.76. The molecule has 25 heavy (non-hydrogen) atoms. The lowest BCUT2D eigenvalue weighted by Crippen LogP contribution is -2.43. The number of halogens is 1. The van der Waals surface area contributed by atoms with E-state index in [0.29, 0.717) is 22.9 Å². The number of hydrogen-bond donors (Lipinski definition) is 2. The minimum Gasteiger partial charge on any atom is -0.491 e. The SMILES string of the molecule is N#Cc1ccccc1.OCCOc1ccc(N2CCNCC2)c(Cl)c1. The second-order valence-corrected chi connectivity index (χ2v) is 5.81. The summed E-state index contributed by atoms with van der Waals surface area (Å²) in [6, 6.07) is 16.8. The van der Waals surface area contributed by atoms with E-state index in [4.69, 9.17) is 26.7 Å². The minimum atomic E-state index is 0.0111. The Morgan fingerprint density at radius 2 is 1.88 bits per heavy atom. The maximum atomic E-state index is 8.68. The molecule has 6 heteroatoms. The van der Waals surface area contributed by atoms with Gasteiger partial charge in [0.15, 0.2) is 0 Å². The zero-order chi connectivity index (χ0) is 17.9. The molecule has 0 saturated carbocycles. The zero-order valence-corrected chi connectivity index (χ0v) is 14.7. The van der Waals surface area contributed by atoms with Crippen LogP contribution in [0.1, 0.15) is 5.56 Å². The topological polar surface area (TPSA) is 68.5 Å². The number of hydrogen-bond acceptors (Lipinski definition) is 5. The van der Waals surface area contributed by atoms with E-state index in [9.17, 15) is 0 Å². The fourth-order valence-electron chi connectivity index (χ4n) is 2.42. The van der Waals surface area contributed by atoms with Crippen molar-refractivity contribution in [3.63, 3.8) is 0 Å². The molecule has 0 atom stereocenters. The van der Waals surface area contributed by atoms with Crippen LogP contribution in [0.3, 0.4) is 0 Å². The van der Waals surface area contributed by atoms with Crippen molar-refractivity contribution in [3.8, 4) is 11.8 Å². The first-order chi connectivity index (χ1) is 12.2. The summed E-state index contributed by atoms with van der Waals surface area (Å²) in [5, 5.41) is 21.0. The maximum absolute atomic E-state index is 8.68. The first-order valence-corrected chi connectivity index (χ1v) is 8.56. The fraction of sp³-hybridized carbons (Fsp3) is 0.316. The highest BCUT2D eigenvalue weighted by molar-refractivity contribution is 6.33. The van der Waals surface area contributed by atoms with Crippen molar-refractivity contribution < 1.29 is 9.84 Å². The monoisotopic (exact) mass is 359 g/mol. The number of nitrogens with one attached hydrogen (secondary N) is 1. The van der Waals surface area contributed by atoms with Crippen molar-refractivity contribution >= 4 is 17.3 Å². The van der Waals surface area contributed by atoms with Crippen molar-refractivity contribution in [1.82, 2.24) is 5.32 Å². The van der Waals surface area contributed by atoms with Crippen LogP contribution in [0.25, 0.3) is 0 Å². The van der Waals surface area contributed by atoms with Gasteiger partial charge in [0.05, 0.1) is 28.9 Å². The number of nitrogens with zero attached hydrogens (tertiary/aromatic N) is 2. The van der Waals surface area contributed by atoms with Crippen LogP contribution in [-0.4, -0.2) is 44.5 Å². The molecule has 1 aliphatic heterocycles. The summed E-state index contributed by atoms with van der Waals surface area (Å²) < 4.78 is 5.31. The Balaban J connectivity index is 0.000000236. The smallest absolute Gasteiger partial charge is 0.121 e. The lowest BCUT2D eigenvalue weighted by Gasteiger charge is -2.30. The molecule has 1 heterocycles. The summed E-state index contributed by atoms with van der Waals surface area (Å²) in [5.74, 6) is 0.697. The third-order valence-electron chi connectivity index (χ3n) is 3.64. The Morgan fingerprint density at radius 1 is 1.16 bits per heavy atom. The van der Waals surface area contributed by atoms with Gasteiger partial charge in [-0.15, -0.1) is 0 Å². The van der Waals surface area contributed by atoms with Gasteiger partial charge in [0.2, 0.25) is 0 Å². The molecule has 2 aromatic rings. The Labute approximate surface area is 153 Å². The van der Waals surface area contributed by atoms with E-state index in [1.165, 1.54) is 0 Å². The Hall–Kier alpha value is -2.26. The average molecular weight is 360 g/mol. The van der Waals surface area contributed by atoms with E-state index in [1.807, 2.05) is 36.4 Å². The van der Waals surface area contributed by atoms with Crippen LogP contribution in [0.5, 0.6) is 5.75 Å². The standard InChI is InChI=1S/C12H17ClN2O2.C7H5N/c13-11-9-10(17-8-7-16)1-2-12(11)15-5-3-14-4-6-15;8-6-7-4-2-1-3-5-7/h1-2,9,14,16H,3-8H2;1-5H. The molecule has 1 aliphatic rings. The van der Waals surface area contributed by atoms with Gasteiger partial charge < -0.3 is 20.1 Å². The van der Waals surface area contributed by atoms with Crippen molar-refractivity contribution in [2.75, 3.05) is 44.3 Å². The van der Waals surface area contributed by atoms with Crippen LogP contribution in [0.15, 0.2) is 48.5 Å². The summed E-state index contributed by atoms with van der Waals surface area (Å²) >= 11 is 6.24. The first kappa shape index (κ1) is 19.1. The predicted octanol–water partition coefficient (Wildman–Crippen LogP) is 2.68. The van der Waals surface area contributed by atoms with Crippen molar-refractivity contribution in [2.24, 2.45) is 0 Å². The number of anilines is 1. The summed E-state index contributed by atoms with van der Waals surface area (Å²) in [6.45, 7) is 4.21. The molecular formula is C19H22ClN3O2. The van der Waals surface area contributed by atoms with Gasteiger partial charge in [0.1, 0.15) is 12.4 Å². The second kappa shape index (κ2) is 10.6. The first-order valence-electron chi connectivity index (χ1n) is 8.18. The van der Waals surface area contributed by atoms with Crippen molar-refractivity contribution in [2.45, 2.75) is 0 Å². The third kappa shape index (κ3) is 6.28. The summed E-state index contributed by atoms with van der Waals surface area (Å²) in [4.78, 5) is 2.26. The van der Waals surface area contributed by atoms with Gasteiger partial charge in [0, 0.05) is 32.2 Å². The highest BCUT2D eigenvalue weighted by Crippen LogP contribution is 2.30. The van der Waals surface area contributed by atoms with Crippen LogP contribution < -0.4 is 15.0 Å². The summed E-state index contributed by atoms with van der Waals surface area (Å²) in [7, 11) is 0. The molecule has 0 aromatic heterocycles. The molecule has 5 nitrogen and oxygen atoms in total. The zero-order valence-electron chi connectivity index (χ0n) is 14.0. The van der Waals surface area contributed by atoms with E-state index in [1.54, 1.807) is 18.2 Å². The quantitative estimate of drug-likeness (QED) is 0.878. The summed E-state index contributed by atoms with van der Waals surface area (Å²) in [6.07, 6.45) is 0. The van der Waals surface area contributed by atoms with E-state index in [0.717, 1.165) is 31.9 Å². The van der Waals surface area contributed by atoms with Gasteiger partial charge >= 0.3 is 0 Å². The van der Waals surface area contributed by atoms with E-state index < -0.39 is 0 Å². The van der Waals surface area contributed by atoms with Crippen molar-refractivity contribution in [1.29, 1.82) is 5.26 Å². The van der Waals surface area contributed by atoms with E-state index in [-0.39, 0.29) is 6.61 Å². The number of nitriles is 1. The normalized spacial score (nSPS) is 13.4. The molecule has 2 N–H and O–H groups in total. The lowest BCUT2D eigenvalue weighted by molar-refractivity contribution is 0.201. The molecule has 2 aromatic carbocycles. The van der Waals surface area contributed by atoms with Gasteiger partial charge in [-0.25, -0.2) is 0 Å². The van der Waals surface area contributed by atoms with Crippen LogP contribution in [-0.2, 0) is 0 Å². The molecule has 0 aliphatic carbocycles.